The lowest BCUT2D eigenvalue weighted by Gasteiger charge is -2.38. The number of anilines is 1. The highest BCUT2D eigenvalue weighted by atomic mass is 35.5. The number of halogens is 5. The van der Waals surface area contributed by atoms with Gasteiger partial charge in [-0.1, -0.05) is 11.6 Å². The van der Waals surface area contributed by atoms with Crippen molar-refractivity contribution in [1.82, 2.24) is 25.0 Å². The number of nitrogens with one attached hydrogen (secondary N) is 2. The normalized spacial score (nSPS) is 17.6. The topological polar surface area (TPSA) is 92.2 Å². The van der Waals surface area contributed by atoms with Gasteiger partial charge in [-0.15, -0.1) is 0 Å². The highest BCUT2D eigenvalue weighted by molar-refractivity contribution is 6.31. The Morgan fingerprint density at radius 3 is 2.48 bits per heavy atom. The first-order valence-electron chi connectivity index (χ1n) is 12.3. The predicted octanol–water partition coefficient (Wildman–Crippen LogP) is 5.06. The molecular formula is C27H23ClF4N6O2. The molecule has 5 rings (SSSR count). The fourth-order valence-corrected chi connectivity index (χ4v) is 4.86. The summed E-state index contributed by atoms with van der Waals surface area (Å²) in [5, 5.41) is 10.9. The smallest absolute Gasteiger partial charge is 0.380 e. The van der Waals surface area contributed by atoms with E-state index in [9.17, 15) is 27.2 Å². The molecule has 0 radical (unpaired) electrons. The molecule has 2 aromatic heterocycles. The molecule has 2 aromatic carbocycles. The average molecular weight is 575 g/mol. The molecule has 3 heterocycles. The Balaban J connectivity index is 1.37. The fraction of sp³-hybridized carbons (Fsp3) is 0.259. The van der Waals surface area contributed by atoms with E-state index in [1.807, 2.05) is 0 Å². The maximum atomic E-state index is 13.6. The first-order valence-corrected chi connectivity index (χ1v) is 12.6. The minimum atomic E-state index is -4.67. The minimum Gasteiger partial charge on any atom is -0.380 e. The van der Waals surface area contributed by atoms with E-state index >= 15 is 0 Å². The molecule has 2 atom stereocenters. The van der Waals surface area contributed by atoms with Crippen molar-refractivity contribution in [1.29, 1.82) is 0 Å². The van der Waals surface area contributed by atoms with Gasteiger partial charge in [0.1, 0.15) is 11.5 Å². The fourth-order valence-electron chi connectivity index (χ4n) is 4.69. The van der Waals surface area contributed by atoms with E-state index in [0.717, 1.165) is 6.07 Å². The van der Waals surface area contributed by atoms with Crippen LogP contribution in [0, 0.1) is 5.82 Å². The number of alkyl halides is 3. The second kappa shape index (κ2) is 10.8. The van der Waals surface area contributed by atoms with Crippen molar-refractivity contribution in [2.45, 2.75) is 31.6 Å². The largest absolute Gasteiger partial charge is 0.433 e. The molecule has 1 aliphatic heterocycles. The highest BCUT2D eigenvalue weighted by Gasteiger charge is 2.35. The number of aromatic nitrogens is 3. The number of benzene rings is 2. The van der Waals surface area contributed by atoms with Crippen LogP contribution in [0.4, 0.5) is 23.2 Å². The van der Waals surface area contributed by atoms with Gasteiger partial charge in [0.05, 0.1) is 23.0 Å². The summed E-state index contributed by atoms with van der Waals surface area (Å²) in [7, 11) is 0. The number of pyridine rings is 1. The number of hydrogen-bond acceptors (Lipinski definition) is 5. The maximum Gasteiger partial charge on any atom is 0.433 e. The van der Waals surface area contributed by atoms with Gasteiger partial charge in [-0.3, -0.25) is 9.59 Å². The first-order chi connectivity index (χ1) is 19.0. The van der Waals surface area contributed by atoms with Crippen LogP contribution in [-0.4, -0.2) is 56.7 Å². The summed E-state index contributed by atoms with van der Waals surface area (Å²) in [5.41, 5.74) is 0.0309. The lowest BCUT2D eigenvalue weighted by molar-refractivity contribution is -0.140. The second-order valence-corrected chi connectivity index (χ2v) is 9.97. The van der Waals surface area contributed by atoms with E-state index in [-0.39, 0.29) is 35.8 Å². The van der Waals surface area contributed by atoms with Crippen LogP contribution < -0.4 is 10.6 Å². The Labute approximate surface area is 230 Å². The Morgan fingerprint density at radius 2 is 1.77 bits per heavy atom. The molecule has 0 unspecified atom stereocenters. The molecule has 1 fully saturated rings. The zero-order valence-electron chi connectivity index (χ0n) is 21.0. The molecule has 4 aromatic rings. The van der Waals surface area contributed by atoms with Crippen LogP contribution in [-0.2, 0) is 11.0 Å². The van der Waals surface area contributed by atoms with Gasteiger partial charge >= 0.3 is 6.18 Å². The number of rotatable bonds is 5. The van der Waals surface area contributed by atoms with Gasteiger partial charge in [0.25, 0.3) is 5.91 Å². The molecule has 2 N–H and O–H groups in total. The van der Waals surface area contributed by atoms with Crippen molar-refractivity contribution in [3.05, 3.63) is 83.0 Å². The average Bonchev–Trinajstić information content (AvgIpc) is 3.39. The molecular weight excluding hydrogens is 552 g/mol. The van der Waals surface area contributed by atoms with Crippen LogP contribution in [0.25, 0.3) is 16.6 Å². The molecule has 0 aliphatic carbocycles. The Hall–Kier alpha value is -4.19. The van der Waals surface area contributed by atoms with Gasteiger partial charge in [-0.25, -0.2) is 14.1 Å². The Bertz CT molecular complexity index is 1570. The third-order valence-electron chi connectivity index (χ3n) is 6.59. The Morgan fingerprint density at radius 1 is 1.05 bits per heavy atom. The van der Waals surface area contributed by atoms with Crippen molar-refractivity contribution >= 4 is 40.0 Å². The molecule has 2 amide bonds. The number of fused-ring (bicyclic) bond motifs is 1. The van der Waals surface area contributed by atoms with Gasteiger partial charge in [-0.05, 0) is 55.0 Å². The summed E-state index contributed by atoms with van der Waals surface area (Å²) in [6, 6.07) is 9.92. The van der Waals surface area contributed by atoms with E-state index in [4.69, 9.17) is 11.6 Å². The van der Waals surface area contributed by atoms with Crippen molar-refractivity contribution in [2.24, 2.45) is 0 Å². The zero-order chi connectivity index (χ0) is 28.6. The van der Waals surface area contributed by atoms with Gasteiger partial charge in [0.2, 0.25) is 5.91 Å². The van der Waals surface area contributed by atoms with Crippen LogP contribution >= 0.6 is 11.6 Å². The maximum absolute atomic E-state index is 13.6. The van der Waals surface area contributed by atoms with Crippen molar-refractivity contribution < 1.29 is 27.2 Å². The standard InChI is InChI=1S/C27H23ClF4N6O2/c1-15(39)37-13-19(34-24-10-25(27(30,31)32)36-23-7-2-17(28)8-22(23)24)9-20(14-37)35-26(40)16-11-33-38(12-16)21-5-3-18(29)4-6-21/h2-8,10-12,19-20H,9,13-14H2,1H3,(H,34,36)(H,35,40)/t19-,20+/m1/s1. The summed E-state index contributed by atoms with van der Waals surface area (Å²) in [5.74, 6) is -1.08. The van der Waals surface area contributed by atoms with Crippen LogP contribution in [0.15, 0.2) is 60.9 Å². The second-order valence-electron chi connectivity index (χ2n) is 9.54. The number of amides is 2. The quantitative estimate of drug-likeness (QED) is 0.325. The van der Waals surface area contributed by atoms with E-state index in [0.29, 0.717) is 22.5 Å². The molecule has 208 valence electrons. The van der Waals surface area contributed by atoms with Crippen LogP contribution in [0.3, 0.4) is 0 Å². The summed E-state index contributed by atoms with van der Waals surface area (Å²) < 4.78 is 55.4. The summed E-state index contributed by atoms with van der Waals surface area (Å²) in [6.07, 6.45) is -1.48. The molecule has 0 spiro atoms. The molecule has 0 bridgehead atoms. The van der Waals surface area contributed by atoms with E-state index in [2.05, 4.69) is 20.7 Å². The van der Waals surface area contributed by atoms with Gasteiger partial charge < -0.3 is 15.5 Å². The van der Waals surface area contributed by atoms with Gasteiger partial charge in [-0.2, -0.15) is 18.3 Å². The number of carbonyl (C=O) groups is 2. The van der Waals surface area contributed by atoms with Gasteiger partial charge in [0, 0.05) is 54.4 Å². The molecule has 0 saturated carbocycles. The Kier molecular flexibility index (Phi) is 7.37. The molecule has 13 heteroatoms. The minimum absolute atomic E-state index is 0.115. The van der Waals surface area contributed by atoms with E-state index < -0.39 is 35.7 Å². The van der Waals surface area contributed by atoms with E-state index in [1.54, 1.807) is 0 Å². The monoisotopic (exact) mass is 574 g/mol. The SMILES string of the molecule is CC(=O)N1C[C@@H](NC(=O)c2cnn(-c3ccc(F)cc3)c2)C[C@@H](Nc2cc(C(F)(F)F)nc3ccc(Cl)cc23)C1. The van der Waals surface area contributed by atoms with Crippen molar-refractivity contribution in [2.75, 3.05) is 18.4 Å². The van der Waals surface area contributed by atoms with Crippen LogP contribution in [0.5, 0.6) is 0 Å². The lowest BCUT2D eigenvalue weighted by atomic mass is 9.99. The predicted molar refractivity (Wildman–Crippen MR) is 141 cm³/mol. The van der Waals surface area contributed by atoms with Crippen molar-refractivity contribution in [3.63, 3.8) is 0 Å². The van der Waals surface area contributed by atoms with E-state index in [1.165, 1.54) is 71.4 Å². The molecule has 40 heavy (non-hydrogen) atoms. The number of carbonyl (C=O) groups excluding carboxylic acids is 2. The number of nitrogens with zero attached hydrogens (tertiary/aromatic N) is 4. The summed E-state index contributed by atoms with van der Waals surface area (Å²) >= 11 is 6.11. The van der Waals surface area contributed by atoms with Crippen molar-refractivity contribution in [3.8, 4) is 5.69 Å². The summed E-state index contributed by atoms with van der Waals surface area (Å²) in [4.78, 5) is 30.6. The number of piperidine rings is 1. The third kappa shape index (κ3) is 6.01. The third-order valence-corrected chi connectivity index (χ3v) is 6.82. The summed E-state index contributed by atoms with van der Waals surface area (Å²) in [6.45, 7) is 1.83. The van der Waals surface area contributed by atoms with Crippen LogP contribution in [0.2, 0.25) is 5.02 Å². The lowest BCUT2D eigenvalue weighted by Crippen LogP contribution is -2.55. The van der Waals surface area contributed by atoms with Gasteiger partial charge in [0.15, 0.2) is 0 Å². The van der Waals surface area contributed by atoms with Crippen LogP contribution in [0.1, 0.15) is 29.4 Å². The molecule has 8 nitrogen and oxygen atoms in total. The number of hydrogen-bond donors (Lipinski definition) is 2. The zero-order valence-corrected chi connectivity index (χ0v) is 21.8. The first kappa shape index (κ1) is 27.4. The number of likely N-dealkylation sites (tertiary alicyclic amines) is 1. The molecule has 1 saturated heterocycles. The molecule has 1 aliphatic rings. The highest BCUT2D eigenvalue weighted by Crippen LogP contribution is 2.35.